The van der Waals surface area contributed by atoms with E-state index in [2.05, 4.69) is 5.32 Å². The number of amides is 1. The molecular formula is C19H15ClN2O4. The minimum absolute atomic E-state index is 0.0362. The molecule has 26 heavy (non-hydrogen) atoms. The molecule has 3 rings (SSSR count). The van der Waals surface area contributed by atoms with E-state index in [4.69, 9.17) is 16.3 Å². The summed E-state index contributed by atoms with van der Waals surface area (Å²) in [6, 6.07) is 16.0. The number of nitrogens with one attached hydrogen (secondary N) is 1. The maximum absolute atomic E-state index is 12.2. The Labute approximate surface area is 154 Å². The topological polar surface area (TPSA) is 81.5 Å². The van der Waals surface area contributed by atoms with Gasteiger partial charge >= 0.3 is 0 Å². The average molecular weight is 371 g/mol. The first-order valence-corrected chi connectivity index (χ1v) is 8.18. The molecular weight excluding hydrogens is 356 g/mol. The SMILES string of the molecule is Cc1cc([N+](=O)[O-])c(Cl)cc1NC(=O)COc1cccc2ccccc12. The summed E-state index contributed by atoms with van der Waals surface area (Å²) in [5.74, 6) is 0.225. The van der Waals surface area contributed by atoms with Crippen LogP contribution in [0.2, 0.25) is 5.02 Å². The van der Waals surface area contributed by atoms with E-state index >= 15 is 0 Å². The van der Waals surface area contributed by atoms with Crippen molar-refractivity contribution >= 4 is 39.7 Å². The number of nitro benzene ring substituents is 1. The van der Waals surface area contributed by atoms with Gasteiger partial charge in [0.2, 0.25) is 0 Å². The summed E-state index contributed by atoms with van der Waals surface area (Å²) in [5, 5.41) is 15.4. The second-order valence-corrected chi connectivity index (χ2v) is 6.10. The van der Waals surface area contributed by atoms with Gasteiger partial charge in [-0.3, -0.25) is 14.9 Å². The number of carbonyl (C=O) groups is 1. The van der Waals surface area contributed by atoms with Crippen LogP contribution in [0.25, 0.3) is 10.8 Å². The maximum Gasteiger partial charge on any atom is 0.288 e. The molecule has 0 fully saturated rings. The molecule has 0 bridgehead atoms. The highest BCUT2D eigenvalue weighted by Gasteiger charge is 2.16. The molecule has 0 saturated heterocycles. The van der Waals surface area contributed by atoms with Crippen LogP contribution in [0.15, 0.2) is 54.6 Å². The third-order valence-corrected chi connectivity index (χ3v) is 4.18. The van der Waals surface area contributed by atoms with Crippen LogP contribution < -0.4 is 10.1 Å². The zero-order valence-electron chi connectivity index (χ0n) is 13.9. The molecule has 0 unspecified atom stereocenters. The van der Waals surface area contributed by atoms with E-state index in [0.717, 1.165) is 10.8 Å². The van der Waals surface area contributed by atoms with Crippen molar-refractivity contribution in [2.24, 2.45) is 0 Å². The van der Waals surface area contributed by atoms with Crippen LogP contribution in [-0.2, 0) is 4.79 Å². The van der Waals surface area contributed by atoms with Crippen LogP contribution in [0.5, 0.6) is 5.75 Å². The number of aryl methyl sites for hydroxylation is 1. The molecule has 3 aromatic carbocycles. The molecule has 0 aliphatic rings. The summed E-state index contributed by atoms with van der Waals surface area (Å²) in [7, 11) is 0. The number of nitrogens with zero attached hydrogens (tertiary/aromatic N) is 1. The Morgan fingerprint density at radius 1 is 1.19 bits per heavy atom. The summed E-state index contributed by atoms with van der Waals surface area (Å²) in [6.45, 7) is 1.46. The minimum atomic E-state index is -0.565. The van der Waals surface area contributed by atoms with Crippen LogP contribution >= 0.6 is 11.6 Å². The molecule has 0 aliphatic heterocycles. The number of fused-ring (bicyclic) bond motifs is 1. The molecule has 1 N–H and O–H groups in total. The molecule has 0 heterocycles. The first kappa shape index (κ1) is 17.7. The zero-order chi connectivity index (χ0) is 18.7. The molecule has 3 aromatic rings. The lowest BCUT2D eigenvalue weighted by atomic mass is 10.1. The van der Waals surface area contributed by atoms with Crippen molar-refractivity contribution in [3.05, 3.63) is 75.3 Å². The van der Waals surface area contributed by atoms with E-state index in [1.165, 1.54) is 12.1 Å². The molecule has 0 aromatic heterocycles. The van der Waals surface area contributed by atoms with Crippen molar-refractivity contribution in [1.82, 2.24) is 0 Å². The summed E-state index contributed by atoms with van der Waals surface area (Å²) in [6.07, 6.45) is 0. The highest BCUT2D eigenvalue weighted by Crippen LogP contribution is 2.30. The van der Waals surface area contributed by atoms with Crippen molar-refractivity contribution in [1.29, 1.82) is 0 Å². The Balaban J connectivity index is 1.71. The van der Waals surface area contributed by atoms with E-state index in [-0.39, 0.29) is 23.2 Å². The zero-order valence-corrected chi connectivity index (χ0v) is 14.6. The van der Waals surface area contributed by atoms with E-state index < -0.39 is 4.92 Å². The number of hydrogen-bond acceptors (Lipinski definition) is 4. The summed E-state index contributed by atoms with van der Waals surface area (Å²) < 4.78 is 5.63. The van der Waals surface area contributed by atoms with Crippen molar-refractivity contribution in [2.45, 2.75) is 6.92 Å². The number of hydrogen-bond donors (Lipinski definition) is 1. The van der Waals surface area contributed by atoms with Gasteiger partial charge in [-0.1, -0.05) is 48.0 Å². The molecule has 7 heteroatoms. The lowest BCUT2D eigenvalue weighted by Crippen LogP contribution is -2.20. The van der Waals surface area contributed by atoms with E-state index in [1.54, 1.807) is 13.0 Å². The van der Waals surface area contributed by atoms with Crippen molar-refractivity contribution in [3.63, 3.8) is 0 Å². The summed E-state index contributed by atoms with van der Waals surface area (Å²) in [4.78, 5) is 22.5. The fourth-order valence-electron chi connectivity index (χ4n) is 2.59. The first-order valence-electron chi connectivity index (χ1n) is 7.80. The monoisotopic (exact) mass is 370 g/mol. The van der Waals surface area contributed by atoms with Crippen LogP contribution in [0.3, 0.4) is 0 Å². The minimum Gasteiger partial charge on any atom is -0.483 e. The van der Waals surface area contributed by atoms with E-state index in [0.29, 0.717) is 17.0 Å². The van der Waals surface area contributed by atoms with Crippen LogP contribution in [0.4, 0.5) is 11.4 Å². The lowest BCUT2D eigenvalue weighted by molar-refractivity contribution is -0.384. The number of nitro groups is 1. The number of ether oxygens (including phenoxy) is 1. The lowest BCUT2D eigenvalue weighted by Gasteiger charge is -2.11. The normalized spacial score (nSPS) is 10.5. The van der Waals surface area contributed by atoms with Gasteiger partial charge in [0.25, 0.3) is 11.6 Å². The quantitative estimate of drug-likeness (QED) is 0.520. The van der Waals surface area contributed by atoms with Gasteiger partial charge < -0.3 is 10.1 Å². The van der Waals surface area contributed by atoms with E-state index in [1.807, 2.05) is 36.4 Å². The Kier molecular flexibility index (Phi) is 5.04. The fourth-order valence-corrected chi connectivity index (χ4v) is 2.82. The number of halogens is 1. The third kappa shape index (κ3) is 3.75. The molecule has 0 atom stereocenters. The predicted octanol–water partition coefficient (Wildman–Crippen LogP) is 4.73. The Morgan fingerprint density at radius 2 is 1.92 bits per heavy atom. The Morgan fingerprint density at radius 3 is 2.69 bits per heavy atom. The number of rotatable bonds is 5. The van der Waals surface area contributed by atoms with Gasteiger partial charge in [-0.2, -0.15) is 0 Å². The Hall–Kier alpha value is -3.12. The molecule has 0 radical (unpaired) electrons. The van der Waals surface area contributed by atoms with Crippen LogP contribution in [0.1, 0.15) is 5.56 Å². The van der Waals surface area contributed by atoms with Crippen molar-refractivity contribution in [2.75, 3.05) is 11.9 Å². The smallest absolute Gasteiger partial charge is 0.288 e. The fraction of sp³-hybridized carbons (Fsp3) is 0.105. The van der Waals surface area contributed by atoms with Gasteiger partial charge in [0.15, 0.2) is 6.61 Å². The van der Waals surface area contributed by atoms with Gasteiger partial charge in [-0.05, 0) is 30.0 Å². The van der Waals surface area contributed by atoms with E-state index in [9.17, 15) is 14.9 Å². The standard InChI is InChI=1S/C19H15ClN2O4/c1-12-9-17(22(24)25)15(20)10-16(12)21-19(23)11-26-18-8-4-6-13-5-2-3-7-14(13)18/h2-10H,11H2,1H3,(H,21,23). The number of benzene rings is 3. The number of anilines is 1. The highest BCUT2D eigenvalue weighted by molar-refractivity contribution is 6.33. The molecule has 0 spiro atoms. The average Bonchev–Trinajstić information content (AvgIpc) is 2.62. The van der Waals surface area contributed by atoms with Crippen molar-refractivity contribution in [3.8, 4) is 5.75 Å². The maximum atomic E-state index is 12.2. The second-order valence-electron chi connectivity index (χ2n) is 5.69. The molecule has 132 valence electrons. The highest BCUT2D eigenvalue weighted by atomic mass is 35.5. The van der Waals surface area contributed by atoms with Crippen LogP contribution in [-0.4, -0.2) is 17.4 Å². The van der Waals surface area contributed by atoms with Crippen molar-refractivity contribution < 1.29 is 14.5 Å². The predicted molar refractivity (Wildman–Crippen MR) is 101 cm³/mol. The summed E-state index contributed by atoms with van der Waals surface area (Å²) >= 11 is 5.89. The molecule has 1 amide bonds. The molecule has 0 saturated carbocycles. The molecule has 0 aliphatic carbocycles. The Bertz CT molecular complexity index is 999. The largest absolute Gasteiger partial charge is 0.483 e. The van der Waals surface area contributed by atoms with Gasteiger partial charge in [0.1, 0.15) is 10.8 Å². The van der Waals surface area contributed by atoms with Gasteiger partial charge in [0, 0.05) is 17.1 Å². The molecule has 6 nitrogen and oxygen atoms in total. The number of carbonyl (C=O) groups excluding carboxylic acids is 1. The summed E-state index contributed by atoms with van der Waals surface area (Å²) in [5.41, 5.74) is 0.751. The second kappa shape index (κ2) is 7.41. The van der Waals surface area contributed by atoms with Gasteiger partial charge in [0.05, 0.1) is 4.92 Å². The van der Waals surface area contributed by atoms with Crippen LogP contribution in [0, 0.1) is 17.0 Å². The van der Waals surface area contributed by atoms with Gasteiger partial charge in [-0.25, -0.2) is 0 Å². The third-order valence-electron chi connectivity index (χ3n) is 3.87. The van der Waals surface area contributed by atoms with Gasteiger partial charge in [-0.15, -0.1) is 0 Å². The first-order chi connectivity index (χ1) is 12.5.